The fourth-order valence-electron chi connectivity index (χ4n) is 2.12. The Hall–Kier alpha value is -1.32. The first-order chi connectivity index (χ1) is 8.05. The molecule has 0 radical (unpaired) electrons. The summed E-state index contributed by atoms with van der Waals surface area (Å²) in [6.07, 6.45) is 2.64. The predicted molar refractivity (Wildman–Crippen MR) is 68.3 cm³/mol. The molecule has 0 bridgehead atoms. The minimum atomic E-state index is 0.478. The highest BCUT2D eigenvalue weighted by molar-refractivity contribution is 5.39. The van der Waals surface area contributed by atoms with Crippen LogP contribution in [-0.2, 0) is 0 Å². The van der Waals surface area contributed by atoms with Gasteiger partial charge in [-0.1, -0.05) is 13.8 Å². The summed E-state index contributed by atoms with van der Waals surface area (Å²) in [4.78, 5) is 8.54. The molecule has 4 heteroatoms. The Morgan fingerprint density at radius 3 is 2.65 bits per heavy atom. The third-order valence-corrected chi connectivity index (χ3v) is 3.76. The van der Waals surface area contributed by atoms with Crippen molar-refractivity contribution in [3.05, 3.63) is 11.9 Å². The summed E-state index contributed by atoms with van der Waals surface area (Å²) in [5, 5.41) is 3.41. The topological polar surface area (TPSA) is 47.0 Å². The Balaban J connectivity index is 2.02. The molecule has 1 aliphatic rings. The maximum absolute atomic E-state index is 5.14. The molecule has 0 saturated heterocycles. The lowest BCUT2D eigenvalue weighted by Crippen LogP contribution is -2.21. The third-order valence-electron chi connectivity index (χ3n) is 3.76. The van der Waals surface area contributed by atoms with Crippen LogP contribution in [0.3, 0.4) is 0 Å². The van der Waals surface area contributed by atoms with Gasteiger partial charge in [-0.2, -0.15) is 4.98 Å². The SMILES string of the molecule is COc1cc(NCC2(C(C)C)CC2)nc(C)n1. The summed E-state index contributed by atoms with van der Waals surface area (Å²) >= 11 is 0. The van der Waals surface area contributed by atoms with Crippen LogP contribution < -0.4 is 10.1 Å². The van der Waals surface area contributed by atoms with Gasteiger partial charge in [0, 0.05) is 12.6 Å². The molecule has 4 nitrogen and oxygen atoms in total. The molecule has 1 saturated carbocycles. The molecule has 17 heavy (non-hydrogen) atoms. The van der Waals surface area contributed by atoms with E-state index in [-0.39, 0.29) is 0 Å². The molecule has 1 N–H and O–H groups in total. The zero-order chi connectivity index (χ0) is 12.5. The van der Waals surface area contributed by atoms with Gasteiger partial charge in [0.25, 0.3) is 0 Å². The van der Waals surface area contributed by atoms with Gasteiger partial charge >= 0.3 is 0 Å². The highest BCUT2D eigenvalue weighted by atomic mass is 16.5. The number of aryl methyl sites for hydroxylation is 1. The molecular weight excluding hydrogens is 214 g/mol. The Bertz CT molecular complexity index is 400. The van der Waals surface area contributed by atoms with Crippen LogP contribution in [0.25, 0.3) is 0 Å². The van der Waals surface area contributed by atoms with E-state index in [0.717, 1.165) is 24.1 Å². The van der Waals surface area contributed by atoms with E-state index in [1.165, 1.54) is 12.8 Å². The first-order valence-electron chi connectivity index (χ1n) is 6.19. The largest absolute Gasteiger partial charge is 0.481 e. The first kappa shape index (κ1) is 12.1. The molecule has 2 rings (SSSR count). The van der Waals surface area contributed by atoms with E-state index in [2.05, 4.69) is 29.1 Å². The quantitative estimate of drug-likeness (QED) is 0.852. The summed E-state index contributed by atoms with van der Waals surface area (Å²) in [5.41, 5.74) is 0.478. The van der Waals surface area contributed by atoms with Crippen molar-refractivity contribution in [3.63, 3.8) is 0 Å². The molecule has 0 atom stereocenters. The van der Waals surface area contributed by atoms with Gasteiger partial charge in [-0.15, -0.1) is 0 Å². The van der Waals surface area contributed by atoms with Crippen molar-refractivity contribution in [3.8, 4) is 5.88 Å². The fraction of sp³-hybridized carbons (Fsp3) is 0.692. The monoisotopic (exact) mass is 235 g/mol. The van der Waals surface area contributed by atoms with Gasteiger partial charge in [0.05, 0.1) is 7.11 Å². The normalized spacial score (nSPS) is 17.0. The average molecular weight is 235 g/mol. The van der Waals surface area contributed by atoms with Crippen LogP contribution in [0.5, 0.6) is 5.88 Å². The Morgan fingerprint density at radius 1 is 1.41 bits per heavy atom. The number of nitrogens with one attached hydrogen (secondary N) is 1. The molecule has 1 heterocycles. The minimum Gasteiger partial charge on any atom is -0.481 e. The van der Waals surface area contributed by atoms with Crippen molar-refractivity contribution in [2.24, 2.45) is 11.3 Å². The van der Waals surface area contributed by atoms with Gasteiger partial charge in [0.15, 0.2) is 0 Å². The van der Waals surface area contributed by atoms with Crippen LogP contribution in [0.2, 0.25) is 0 Å². The molecule has 94 valence electrons. The minimum absolute atomic E-state index is 0.478. The number of aromatic nitrogens is 2. The summed E-state index contributed by atoms with van der Waals surface area (Å²) < 4.78 is 5.14. The molecule has 1 aliphatic carbocycles. The summed E-state index contributed by atoms with van der Waals surface area (Å²) in [6.45, 7) is 7.45. The van der Waals surface area contributed by atoms with Crippen LogP contribution >= 0.6 is 0 Å². The van der Waals surface area contributed by atoms with Gasteiger partial charge in [-0.3, -0.25) is 0 Å². The van der Waals surface area contributed by atoms with Gasteiger partial charge in [-0.05, 0) is 31.1 Å². The van der Waals surface area contributed by atoms with Crippen LogP contribution in [0.4, 0.5) is 5.82 Å². The van der Waals surface area contributed by atoms with Crippen LogP contribution in [0.15, 0.2) is 6.07 Å². The average Bonchev–Trinajstić information content (AvgIpc) is 3.06. The van der Waals surface area contributed by atoms with Crippen LogP contribution in [-0.4, -0.2) is 23.6 Å². The molecule has 0 spiro atoms. The maximum atomic E-state index is 5.14. The van der Waals surface area contributed by atoms with Crippen molar-refractivity contribution < 1.29 is 4.74 Å². The van der Waals surface area contributed by atoms with Crippen LogP contribution in [0.1, 0.15) is 32.5 Å². The zero-order valence-corrected chi connectivity index (χ0v) is 11.1. The fourth-order valence-corrected chi connectivity index (χ4v) is 2.12. The molecule has 0 amide bonds. The van der Waals surface area contributed by atoms with E-state index in [9.17, 15) is 0 Å². The highest BCUT2D eigenvalue weighted by Gasteiger charge is 2.44. The van der Waals surface area contributed by atoms with Crippen molar-refractivity contribution in [1.82, 2.24) is 9.97 Å². The highest BCUT2D eigenvalue weighted by Crippen LogP contribution is 2.51. The lowest BCUT2D eigenvalue weighted by atomic mass is 9.92. The Morgan fingerprint density at radius 2 is 2.12 bits per heavy atom. The maximum Gasteiger partial charge on any atom is 0.218 e. The van der Waals surface area contributed by atoms with Crippen molar-refractivity contribution in [1.29, 1.82) is 0 Å². The van der Waals surface area contributed by atoms with E-state index < -0.39 is 0 Å². The number of anilines is 1. The van der Waals surface area contributed by atoms with E-state index >= 15 is 0 Å². The smallest absolute Gasteiger partial charge is 0.218 e. The second kappa shape index (κ2) is 4.51. The van der Waals surface area contributed by atoms with Crippen molar-refractivity contribution in [2.75, 3.05) is 19.0 Å². The molecule has 0 aliphatic heterocycles. The molecule has 1 fully saturated rings. The molecule has 0 aromatic carbocycles. The number of rotatable bonds is 5. The van der Waals surface area contributed by atoms with Gasteiger partial charge in [0.2, 0.25) is 5.88 Å². The molecular formula is C13H21N3O. The second-order valence-corrected chi connectivity index (χ2v) is 5.21. The van der Waals surface area contributed by atoms with Crippen LogP contribution in [0, 0.1) is 18.3 Å². The number of ether oxygens (including phenoxy) is 1. The molecule has 1 aromatic heterocycles. The van der Waals surface area contributed by atoms with E-state index in [0.29, 0.717) is 11.3 Å². The Labute approximate surface area is 103 Å². The number of hydrogen-bond acceptors (Lipinski definition) is 4. The first-order valence-corrected chi connectivity index (χ1v) is 6.19. The predicted octanol–water partition coefficient (Wildman–Crippen LogP) is 2.64. The second-order valence-electron chi connectivity index (χ2n) is 5.21. The standard InChI is InChI=1S/C13H21N3O/c1-9(2)13(5-6-13)8-14-11-7-12(17-4)16-10(3)15-11/h7,9H,5-6,8H2,1-4H3,(H,14,15,16). The van der Waals surface area contributed by atoms with Gasteiger partial charge < -0.3 is 10.1 Å². The van der Waals surface area contributed by atoms with Gasteiger partial charge in [0.1, 0.15) is 11.6 Å². The summed E-state index contributed by atoms with van der Waals surface area (Å²) in [6, 6.07) is 1.85. The lowest BCUT2D eigenvalue weighted by molar-refractivity contribution is 0.379. The zero-order valence-electron chi connectivity index (χ0n) is 11.1. The number of methoxy groups -OCH3 is 1. The number of hydrogen-bond donors (Lipinski definition) is 1. The van der Waals surface area contributed by atoms with E-state index in [1.807, 2.05) is 13.0 Å². The third kappa shape index (κ3) is 2.68. The number of nitrogens with zero attached hydrogens (tertiary/aromatic N) is 2. The molecule has 0 unspecified atom stereocenters. The van der Waals surface area contributed by atoms with Gasteiger partial charge in [-0.25, -0.2) is 4.98 Å². The summed E-state index contributed by atoms with van der Waals surface area (Å²) in [7, 11) is 1.63. The van der Waals surface area contributed by atoms with E-state index in [4.69, 9.17) is 4.74 Å². The summed E-state index contributed by atoms with van der Waals surface area (Å²) in [5.74, 6) is 2.94. The molecule has 1 aromatic rings. The Kier molecular flexibility index (Phi) is 3.22. The van der Waals surface area contributed by atoms with Crippen molar-refractivity contribution in [2.45, 2.75) is 33.6 Å². The van der Waals surface area contributed by atoms with E-state index in [1.54, 1.807) is 7.11 Å². The lowest BCUT2D eigenvalue weighted by Gasteiger charge is -2.20. The van der Waals surface area contributed by atoms with Crippen molar-refractivity contribution >= 4 is 5.82 Å².